The number of carbonyl (C=O) groups is 1. The SMILES string of the molecule is Cc1noc(C)c1CC(=O)N1CCC2(CC1)CC(OCc1ccccc1)CCO2. The molecule has 1 unspecified atom stereocenters. The molecule has 156 valence electrons. The highest BCUT2D eigenvalue weighted by atomic mass is 16.5. The Balaban J connectivity index is 1.29. The van der Waals surface area contributed by atoms with Crippen molar-refractivity contribution in [1.82, 2.24) is 10.1 Å². The number of hydrogen-bond donors (Lipinski definition) is 0. The Morgan fingerprint density at radius 3 is 2.69 bits per heavy atom. The van der Waals surface area contributed by atoms with Gasteiger partial charge in [-0.2, -0.15) is 0 Å². The molecule has 0 bridgehead atoms. The van der Waals surface area contributed by atoms with Crippen LogP contribution in [0.3, 0.4) is 0 Å². The van der Waals surface area contributed by atoms with E-state index in [1.165, 1.54) is 5.56 Å². The predicted octanol–water partition coefficient (Wildman–Crippen LogP) is 3.59. The molecule has 0 radical (unpaired) electrons. The van der Waals surface area contributed by atoms with Crippen molar-refractivity contribution in [3.8, 4) is 0 Å². The van der Waals surface area contributed by atoms with E-state index in [0.717, 1.165) is 62.4 Å². The third-order valence-corrected chi connectivity index (χ3v) is 6.31. The predicted molar refractivity (Wildman–Crippen MR) is 108 cm³/mol. The minimum absolute atomic E-state index is 0.141. The molecule has 3 heterocycles. The van der Waals surface area contributed by atoms with Crippen LogP contribution in [0.4, 0.5) is 0 Å². The summed E-state index contributed by atoms with van der Waals surface area (Å²) < 4.78 is 17.6. The fourth-order valence-corrected chi connectivity index (χ4v) is 4.44. The molecule has 2 saturated heterocycles. The highest BCUT2D eigenvalue weighted by molar-refractivity contribution is 5.79. The number of nitrogens with zero attached hydrogens (tertiary/aromatic N) is 2. The molecule has 2 aliphatic heterocycles. The lowest BCUT2D eigenvalue weighted by atomic mass is 9.83. The number of benzene rings is 1. The maximum atomic E-state index is 12.8. The molecule has 2 fully saturated rings. The van der Waals surface area contributed by atoms with E-state index in [1.807, 2.05) is 36.9 Å². The van der Waals surface area contributed by atoms with Gasteiger partial charge in [0.2, 0.25) is 5.91 Å². The summed E-state index contributed by atoms with van der Waals surface area (Å²) in [5, 5.41) is 3.95. The highest BCUT2D eigenvalue weighted by Gasteiger charge is 2.41. The van der Waals surface area contributed by atoms with Crippen LogP contribution in [0, 0.1) is 13.8 Å². The first-order chi connectivity index (χ1) is 14.0. The zero-order valence-electron chi connectivity index (χ0n) is 17.4. The fourth-order valence-electron chi connectivity index (χ4n) is 4.44. The topological polar surface area (TPSA) is 64.8 Å². The van der Waals surface area contributed by atoms with Crippen LogP contribution >= 0.6 is 0 Å². The van der Waals surface area contributed by atoms with Crippen molar-refractivity contribution in [1.29, 1.82) is 0 Å². The van der Waals surface area contributed by atoms with Crippen LogP contribution < -0.4 is 0 Å². The largest absolute Gasteiger partial charge is 0.375 e. The summed E-state index contributed by atoms with van der Waals surface area (Å²) in [7, 11) is 0. The lowest BCUT2D eigenvalue weighted by Gasteiger charge is -2.46. The molecule has 6 heteroatoms. The standard InChI is InChI=1S/C23H30N2O4/c1-17-21(18(2)29-24-17)14-22(26)25-11-9-23(10-12-25)15-20(8-13-28-23)27-16-19-6-4-3-5-7-19/h3-7,20H,8-16H2,1-2H3. The quantitative estimate of drug-likeness (QED) is 0.770. The van der Waals surface area contributed by atoms with Crippen molar-refractivity contribution in [3.63, 3.8) is 0 Å². The Kier molecular flexibility index (Phi) is 6.01. The number of likely N-dealkylation sites (tertiary alicyclic amines) is 1. The zero-order chi connectivity index (χ0) is 20.3. The van der Waals surface area contributed by atoms with Crippen molar-refractivity contribution in [2.45, 2.75) is 64.3 Å². The van der Waals surface area contributed by atoms with Crippen LogP contribution in [0.2, 0.25) is 0 Å². The van der Waals surface area contributed by atoms with Gasteiger partial charge in [-0.1, -0.05) is 35.5 Å². The zero-order valence-corrected chi connectivity index (χ0v) is 17.4. The second kappa shape index (κ2) is 8.67. The number of carbonyl (C=O) groups excluding carboxylic acids is 1. The van der Waals surface area contributed by atoms with Gasteiger partial charge in [0.1, 0.15) is 5.76 Å². The summed E-state index contributed by atoms with van der Waals surface area (Å²) in [5.41, 5.74) is 2.77. The first kappa shape index (κ1) is 20.1. The number of ether oxygens (including phenoxy) is 2. The molecular formula is C23H30N2O4. The van der Waals surface area contributed by atoms with Gasteiger partial charge in [0.15, 0.2) is 0 Å². The van der Waals surface area contributed by atoms with Crippen LogP contribution in [0.25, 0.3) is 0 Å². The number of amides is 1. The summed E-state index contributed by atoms with van der Waals surface area (Å²) in [6.07, 6.45) is 4.15. The Morgan fingerprint density at radius 1 is 1.24 bits per heavy atom. The van der Waals surface area contributed by atoms with Gasteiger partial charge in [0.25, 0.3) is 0 Å². The lowest BCUT2D eigenvalue weighted by Crippen LogP contribution is -2.52. The van der Waals surface area contributed by atoms with Crippen molar-refractivity contribution < 1.29 is 18.8 Å². The van der Waals surface area contributed by atoms with Crippen molar-refractivity contribution in [2.75, 3.05) is 19.7 Å². The second-order valence-electron chi connectivity index (χ2n) is 8.30. The summed E-state index contributed by atoms with van der Waals surface area (Å²) in [5.74, 6) is 0.875. The van der Waals surface area contributed by atoms with Gasteiger partial charge in [-0.05, 0) is 38.7 Å². The second-order valence-corrected chi connectivity index (χ2v) is 8.30. The maximum absolute atomic E-state index is 12.8. The Labute approximate surface area is 172 Å². The number of piperidine rings is 1. The van der Waals surface area contributed by atoms with E-state index < -0.39 is 0 Å². The normalized spacial score (nSPS) is 21.4. The van der Waals surface area contributed by atoms with Gasteiger partial charge < -0.3 is 18.9 Å². The third-order valence-electron chi connectivity index (χ3n) is 6.31. The third kappa shape index (κ3) is 4.70. The van der Waals surface area contributed by atoms with Crippen LogP contribution in [0.1, 0.15) is 48.3 Å². The van der Waals surface area contributed by atoms with Gasteiger partial charge in [0.05, 0.1) is 30.4 Å². The number of hydrogen-bond acceptors (Lipinski definition) is 5. The number of aryl methyl sites for hydroxylation is 2. The Hall–Kier alpha value is -2.18. The molecular weight excluding hydrogens is 368 g/mol. The molecule has 0 saturated carbocycles. The molecule has 2 aliphatic rings. The van der Waals surface area contributed by atoms with Gasteiger partial charge in [0, 0.05) is 31.7 Å². The van der Waals surface area contributed by atoms with Crippen LogP contribution in [0.5, 0.6) is 0 Å². The fraction of sp³-hybridized carbons (Fsp3) is 0.565. The van der Waals surface area contributed by atoms with Gasteiger partial charge in [-0.3, -0.25) is 4.79 Å². The molecule has 0 aliphatic carbocycles. The average molecular weight is 399 g/mol. The van der Waals surface area contributed by atoms with E-state index in [-0.39, 0.29) is 17.6 Å². The molecule has 29 heavy (non-hydrogen) atoms. The van der Waals surface area contributed by atoms with Gasteiger partial charge >= 0.3 is 0 Å². The molecule has 1 spiro atoms. The maximum Gasteiger partial charge on any atom is 0.227 e. The monoisotopic (exact) mass is 398 g/mol. The first-order valence-electron chi connectivity index (χ1n) is 10.5. The summed E-state index contributed by atoms with van der Waals surface area (Å²) >= 11 is 0. The molecule has 1 atom stereocenters. The van der Waals surface area contributed by atoms with E-state index in [9.17, 15) is 4.79 Å². The minimum atomic E-state index is -0.153. The van der Waals surface area contributed by atoms with Crippen LogP contribution in [-0.2, 0) is 27.3 Å². The van der Waals surface area contributed by atoms with E-state index >= 15 is 0 Å². The molecule has 6 nitrogen and oxygen atoms in total. The van der Waals surface area contributed by atoms with Crippen LogP contribution in [-0.4, -0.2) is 47.4 Å². The van der Waals surface area contributed by atoms with E-state index in [1.54, 1.807) is 0 Å². The van der Waals surface area contributed by atoms with E-state index in [4.69, 9.17) is 14.0 Å². The average Bonchev–Trinajstić information content (AvgIpc) is 3.06. The molecule has 0 N–H and O–H groups in total. The van der Waals surface area contributed by atoms with Gasteiger partial charge in [-0.25, -0.2) is 0 Å². The van der Waals surface area contributed by atoms with E-state index in [2.05, 4.69) is 17.3 Å². The van der Waals surface area contributed by atoms with Gasteiger partial charge in [-0.15, -0.1) is 0 Å². The van der Waals surface area contributed by atoms with Crippen molar-refractivity contribution in [3.05, 3.63) is 52.9 Å². The lowest BCUT2D eigenvalue weighted by molar-refractivity contribution is -0.162. The molecule has 1 aromatic carbocycles. The Morgan fingerprint density at radius 2 is 2.00 bits per heavy atom. The summed E-state index contributed by atoms with van der Waals surface area (Å²) in [6.45, 7) is 6.58. The van der Waals surface area contributed by atoms with Crippen molar-refractivity contribution >= 4 is 5.91 Å². The van der Waals surface area contributed by atoms with Crippen molar-refractivity contribution in [2.24, 2.45) is 0 Å². The number of rotatable bonds is 5. The number of aromatic nitrogens is 1. The smallest absolute Gasteiger partial charge is 0.227 e. The molecule has 2 aromatic rings. The van der Waals surface area contributed by atoms with Crippen LogP contribution in [0.15, 0.2) is 34.9 Å². The molecule has 1 amide bonds. The summed E-state index contributed by atoms with van der Waals surface area (Å²) in [6, 6.07) is 10.3. The van der Waals surface area contributed by atoms with E-state index in [0.29, 0.717) is 13.0 Å². The highest BCUT2D eigenvalue weighted by Crippen LogP contribution is 2.36. The minimum Gasteiger partial charge on any atom is -0.375 e. The summed E-state index contributed by atoms with van der Waals surface area (Å²) in [4.78, 5) is 14.7. The Bertz CT molecular complexity index is 805. The first-order valence-corrected chi connectivity index (χ1v) is 10.5. The molecule has 4 rings (SSSR count). The molecule has 1 aromatic heterocycles.